The fourth-order valence-electron chi connectivity index (χ4n) is 2.36. The highest BCUT2D eigenvalue weighted by Crippen LogP contribution is 2.21. The lowest BCUT2D eigenvalue weighted by Crippen LogP contribution is -2.11. The first kappa shape index (κ1) is 17.2. The van der Waals surface area contributed by atoms with Crippen LogP contribution in [0, 0.1) is 19.7 Å². The Morgan fingerprint density at radius 2 is 1.92 bits per heavy atom. The van der Waals surface area contributed by atoms with Gasteiger partial charge in [-0.3, -0.25) is 4.79 Å². The van der Waals surface area contributed by atoms with Crippen molar-refractivity contribution in [1.29, 1.82) is 0 Å². The van der Waals surface area contributed by atoms with E-state index in [9.17, 15) is 9.18 Å². The zero-order valence-corrected chi connectivity index (χ0v) is 14.8. The second-order valence-electron chi connectivity index (χ2n) is 5.86. The molecule has 25 heavy (non-hydrogen) atoms. The van der Waals surface area contributed by atoms with Gasteiger partial charge in [0.15, 0.2) is 0 Å². The molecule has 1 heterocycles. The first-order chi connectivity index (χ1) is 12.0. The number of thiophene rings is 1. The van der Waals surface area contributed by atoms with Crippen LogP contribution in [0.15, 0.2) is 53.9 Å². The quantitative estimate of drug-likeness (QED) is 0.671. The largest absolute Gasteiger partial charge is 0.489 e. The van der Waals surface area contributed by atoms with Gasteiger partial charge in [-0.2, -0.15) is 0 Å². The first-order valence-corrected chi connectivity index (χ1v) is 8.73. The number of benzene rings is 2. The molecule has 128 valence electrons. The van der Waals surface area contributed by atoms with Crippen LogP contribution in [0.25, 0.3) is 0 Å². The van der Waals surface area contributed by atoms with Gasteiger partial charge in [-0.05, 0) is 60.7 Å². The Balaban J connectivity index is 1.64. The van der Waals surface area contributed by atoms with E-state index in [0.717, 1.165) is 22.4 Å². The van der Waals surface area contributed by atoms with Crippen LogP contribution in [0.5, 0.6) is 5.75 Å². The molecule has 0 aliphatic rings. The van der Waals surface area contributed by atoms with Gasteiger partial charge in [-0.25, -0.2) is 4.39 Å². The Kier molecular flexibility index (Phi) is 5.14. The third-order valence-corrected chi connectivity index (χ3v) is 4.62. The van der Waals surface area contributed by atoms with Crippen molar-refractivity contribution in [2.45, 2.75) is 20.5 Å². The average Bonchev–Trinajstić information content (AvgIpc) is 3.05. The van der Waals surface area contributed by atoms with E-state index in [4.69, 9.17) is 4.74 Å². The molecule has 5 heteroatoms. The van der Waals surface area contributed by atoms with E-state index in [1.807, 2.05) is 43.5 Å². The first-order valence-electron chi connectivity index (χ1n) is 7.85. The average molecular weight is 355 g/mol. The minimum absolute atomic E-state index is 0.191. The molecule has 0 unspecified atom stereocenters. The zero-order chi connectivity index (χ0) is 17.8. The maximum atomic E-state index is 13.8. The zero-order valence-electron chi connectivity index (χ0n) is 14.0. The highest BCUT2D eigenvalue weighted by atomic mass is 32.1. The monoisotopic (exact) mass is 355 g/mol. The number of nitrogens with one attached hydrogen (secondary N) is 1. The molecule has 0 bridgehead atoms. The number of ether oxygens (including phenoxy) is 1. The lowest BCUT2D eigenvalue weighted by Gasteiger charge is -2.06. The number of amides is 1. The SMILES string of the molecule is Cc1cccc(OCc2csc(C(=O)Nc3cc(C)ccc3F)c2)c1. The van der Waals surface area contributed by atoms with Crippen LogP contribution in [0.1, 0.15) is 26.4 Å². The highest BCUT2D eigenvalue weighted by Gasteiger charge is 2.12. The molecule has 0 aliphatic heterocycles. The van der Waals surface area contributed by atoms with E-state index in [1.54, 1.807) is 18.2 Å². The van der Waals surface area contributed by atoms with E-state index in [1.165, 1.54) is 17.4 Å². The van der Waals surface area contributed by atoms with E-state index in [2.05, 4.69) is 5.32 Å². The summed E-state index contributed by atoms with van der Waals surface area (Å²) < 4.78 is 19.5. The number of carbonyl (C=O) groups is 1. The van der Waals surface area contributed by atoms with Crippen molar-refractivity contribution in [3.05, 3.63) is 81.3 Å². The van der Waals surface area contributed by atoms with E-state index < -0.39 is 5.82 Å². The number of anilines is 1. The van der Waals surface area contributed by atoms with Gasteiger partial charge in [0.2, 0.25) is 0 Å². The lowest BCUT2D eigenvalue weighted by molar-refractivity contribution is 0.103. The van der Waals surface area contributed by atoms with Crippen molar-refractivity contribution in [3.63, 3.8) is 0 Å². The standard InChI is InChI=1S/C20H18FNO2S/c1-13-4-3-5-16(8-13)24-11-15-10-19(25-12-15)20(23)22-18-9-14(2)6-7-17(18)21/h3-10,12H,11H2,1-2H3,(H,22,23). The van der Waals surface area contributed by atoms with Crippen LogP contribution in [0.2, 0.25) is 0 Å². The summed E-state index contributed by atoms with van der Waals surface area (Å²) in [5.41, 5.74) is 3.11. The van der Waals surface area contributed by atoms with Crippen molar-refractivity contribution in [3.8, 4) is 5.75 Å². The maximum Gasteiger partial charge on any atom is 0.265 e. The predicted octanol–water partition coefficient (Wildman–Crippen LogP) is 5.34. The number of aryl methyl sites for hydroxylation is 2. The molecule has 0 aliphatic carbocycles. The third kappa shape index (κ3) is 4.45. The Morgan fingerprint density at radius 3 is 2.72 bits per heavy atom. The Hall–Kier alpha value is -2.66. The number of hydrogen-bond donors (Lipinski definition) is 1. The smallest absolute Gasteiger partial charge is 0.265 e. The van der Waals surface area contributed by atoms with Crippen LogP contribution >= 0.6 is 11.3 Å². The fraction of sp³-hybridized carbons (Fsp3) is 0.150. The molecular formula is C20H18FNO2S. The maximum absolute atomic E-state index is 13.8. The van der Waals surface area contributed by atoms with Gasteiger partial charge in [0.05, 0.1) is 10.6 Å². The Bertz CT molecular complexity index is 904. The van der Waals surface area contributed by atoms with Gasteiger partial charge in [0.25, 0.3) is 5.91 Å². The van der Waals surface area contributed by atoms with Crippen LogP contribution in [-0.2, 0) is 6.61 Å². The Morgan fingerprint density at radius 1 is 1.12 bits per heavy atom. The van der Waals surface area contributed by atoms with Gasteiger partial charge in [-0.15, -0.1) is 11.3 Å². The molecule has 0 fully saturated rings. The second-order valence-corrected chi connectivity index (χ2v) is 6.77. The number of hydrogen-bond acceptors (Lipinski definition) is 3. The topological polar surface area (TPSA) is 38.3 Å². The van der Waals surface area contributed by atoms with Crippen LogP contribution < -0.4 is 10.1 Å². The van der Waals surface area contributed by atoms with Crippen molar-refractivity contribution in [2.24, 2.45) is 0 Å². The molecule has 1 amide bonds. The molecule has 3 aromatic rings. The summed E-state index contributed by atoms with van der Waals surface area (Å²) in [5.74, 6) is 0.0221. The molecule has 1 aromatic heterocycles. The summed E-state index contributed by atoms with van der Waals surface area (Å²) in [4.78, 5) is 12.8. The predicted molar refractivity (Wildman–Crippen MR) is 98.9 cm³/mol. The van der Waals surface area contributed by atoms with Crippen molar-refractivity contribution < 1.29 is 13.9 Å². The van der Waals surface area contributed by atoms with Crippen molar-refractivity contribution in [1.82, 2.24) is 0 Å². The van der Waals surface area contributed by atoms with Crippen LogP contribution in [0.4, 0.5) is 10.1 Å². The van der Waals surface area contributed by atoms with Gasteiger partial charge < -0.3 is 10.1 Å². The molecule has 2 aromatic carbocycles. The Labute approximate surface area is 150 Å². The number of halogens is 1. The molecule has 0 atom stereocenters. The van der Waals surface area contributed by atoms with Crippen LogP contribution in [-0.4, -0.2) is 5.91 Å². The molecule has 3 nitrogen and oxygen atoms in total. The summed E-state index contributed by atoms with van der Waals surface area (Å²) in [6.45, 7) is 4.23. The minimum atomic E-state index is -0.446. The number of rotatable bonds is 5. The fourth-order valence-corrected chi connectivity index (χ4v) is 3.15. The lowest BCUT2D eigenvalue weighted by atomic mass is 10.2. The van der Waals surface area contributed by atoms with E-state index >= 15 is 0 Å². The van der Waals surface area contributed by atoms with Gasteiger partial charge >= 0.3 is 0 Å². The summed E-state index contributed by atoms with van der Waals surface area (Å²) in [6, 6.07) is 14.2. The van der Waals surface area contributed by atoms with E-state index in [0.29, 0.717) is 11.5 Å². The molecule has 3 rings (SSSR count). The van der Waals surface area contributed by atoms with Gasteiger partial charge in [0.1, 0.15) is 18.2 Å². The van der Waals surface area contributed by atoms with Crippen molar-refractivity contribution >= 4 is 22.9 Å². The second kappa shape index (κ2) is 7.49. The molecule has 0 saturated carbocycles. The highest BCUT2D eigenvalue weighted by molar-refractivity contribution is 7.12. The minimum Gasteiger partial charge on any atom is -0.489 e. The van der Waals surface area contributed by atoms with Crippen LogP contribution in [0.3, 0.4) is 0 Å². The molecule has 0 radical (unpaired) electrons. The van der Waals surface area contributed by atoms with E-state index in [-0.39, 0.29) is 11.6 Å². The summed E-state index contributed by atoms with van der Waals surface area (Å²) >= 11 is 1.31. The van der Waals surface area contributed by atoms with Crippen molar-refractivity contribution in [2.75, 3.05) is 5.32 Å². The summed E-state index contributed by atoms with van der Waals surface area (Å²) in [5, 5.41) is 4.49. The summed E-state index contributed by atoms with van der Waals surface area (Å²) in [6.07, 6.45) is 0. The summed E-state index contributed by atoms with van der Waals surface area (Å²) in [7, 11) is 0. The molecule has 1 N–H and O–H groups in total. The normalized spacial score (nSPS) is 10.5. The molecular weight excluding hydrogens is 337 g/mol. The van der Waals surface area contributed by atoms with Gasteiger partial charge in [-0.1, -0.05) is 18.2 Å². The third-order valence-electron chi connectivity index (χ3n) is 3.64. The molecule has 0 saturated heterocycles. The van der Waals surface area contributed by atoms with Gasteiger partial charge in [0, 0.05) is 5.56 Å². The molecule has 0 spiro atoms. The number of carbonyl (C=O) groups excluding carboxylic acids is 1.